The Balaban J connectivity index is 2.24. The van der Waals surface area contributed by atoms with Gasteiger partial charge in [-0.1, -0.05) is 12.8 Å². The number of aryl methyl sites for hydroxylation is 1. The lowest BCUT2D eigenvalue weighted by Gasteiger charge is -2.28. The number of aromatic carboxylic acids is 1. The number of aliphatic hydroxyl groups excluding tert-OH is 1. The van der Waals surface area contributed by atoms with Gasteiger partial charge in [-0.25, -0.2) is 17.9 Å². The number of carboxylic acids is 1. The molecule has 0 bridgehead atoms. The number of thiophene rings is 1. The molecule has 0 amide bonds. The van der Waals surface area contributed by atoms with Crippen molar-refractivity contribution in [3.63, 3.8) is 0 Å². The van der Waals surface area contributed by atoms with Crippen LogP contribution in [0.4, 0.5) is 0 Å². The summed E-state index contributed by atoms with van der Waals surface area (Å²) in [5.41, 5.74) is 0. The summed E-state index contributed by atoms with van der Waals surface area (Å²) in [7, 11) is -3.80. The first kappa shape index (κ1) is 15.4. The van der Waals surface area contributed by atoms with Crippen LogP contribution in [0.2, 0.25) is 0 Å². The Kier molecular flexibility index (Phi) is 4.48. The second kappa shape index (κ2) is 5.80. The standard InChI is InChI=1S/C12H17NO5S2/c1-7-11(6-10(19-7)12(15)16)20(17,18)13-8-4-2-3-5-9(8)14/h6,8-9,13-14H,2-5H2,1H3,(H,15,16). The van der Waals surface area contributed by atoms with Crippen molar-refractivity contribution in [3.8, 4) is 0 Å². The Hall–Kier alpha value is -0.960. The fourth-order valence-electron chi connectivity index (χ4n) is 2.35. The fourth-order valence-corrected chi connectivity index (χ4v) is 5.08. The molecule has 6 nitrogen and oxygen atoms in total. The molecule has 1 saturated carbocycles. The van der Waals surface area contributed by atoms with Gasteiger partial charge in [0.1, 0.15) is 4.88 Å². The fraction of sp³-hybridized carbons (Fsp3) is 0.583. The van der Waals surface area contributed by atoms with Crippen LogP contribution in [0.3, 0.4) is 0 Å². The predicted molar refractivity (Wildman–Crippen MR) is 74.6 cm³/mol. The Bertz CT molecular complexity index is 607. The Morgan fingerprint density at radius 3 is 2.60 bits per heavy atom. The van der Waals surface area contributed by atoms with E-state index in [1.165, 1.54) is 6.07 Å². The largest absolute Gasteiger partial charge is 0.477 e. The molecule has 3 N–H and O–H groups in total. The molecule has 0 radical (unpaired) electrons. The lowest BCUT2D eigenvalue weighted by molar-refractivity contribution is 0.0702. The molecular weight excluding hydrogens is 302 g/mol. The third kappa shape index (κ3) is 3.20. The van der Waals surface area contributed by atoms with Gasteiger partial charge in [0.05, 0.1) is 11.0 Å². The van der Waals surface area contributed by atoms with E-state index in [0.29, 0.717) is 17.7 Å². The van der Waals surface area contributed by atoms with Gasteiger partial charge in [0.25, 0.3) is 0 Å². The normalized spacial score (nSPS) is 23.7. The van der Waals surface area contributed by atoms with Gasteiger partial charge in [-0.2, -0.15) is 0 Å². The molecule has 1 aromatic heterocycles. The monoisotopic (exact) mass is 319 g/mol. The van der Waals surface area contributed by atoms with Crippen molar-refractivity contribution in [1.29, 1.82) is 0 Å². The first-order valence-electron chi connectivity index (χ1n) is 6.35. The second-order valence-corrected chi connectivity index (χ2v) is 7.85. The molecule has 1 fully saturated rings. The molecule has 20 heavy (non-hydrogen) atoms. The molecular formula is C12H17NO5S2. The molecule has 1 aliphatic carbocycles. The van der Waals surface area contributed by atoms with Gasteiger partial charge in [0.15, 0.2) is 0 Å². The number of hydrogen-bond donors (Lipinski definition) is 3. The first-order chi connectivity index (χ1) is 9.31. The van der Waals surface area contributed by atoms with E-state index in [-0.39, 0.29) is 9.77 Å². The van der Waals surface area contributed by atoms with Crippen LogP contribution in [0, 0.1) is 6.92 Å². The Morgan fingerprint density at radius 2 is 2.05 bits per heavy atom. The van der Waals surface area contributed by atoms with Crippen molar-refractivity contribution >= 4 is 27.3 Å². The van der Waals surface area contributed by atoms with E-state index in [4.69, 9.17) is 5.11 Å². The summed E-state index contributed by atoms with van der Waals surface area (Å²) >= 11 is 0.931. The summed E-state index contributed by atoms with van der Waals surface area (Å²) in [5, 5.41) is 18.7. The number of hydrogen-bond acceptors (Lipinski definition) is 5. The number of sulfonamides is 1. The molecule has 0 aliphatic heterocycles. The van der Waals surface area contributed by atoms with Crippen LogP contribution in [0.1, 0.15) is 40.2 Å². The zero-order chi connectivity index (χ0) is 14.9. The maximum absolute atomic E-state index is 12.3. The molecule has 8 heteroatoms. The number of carboxylic acid groups (broad SMARTS) is 1. The highest BCUT2D eigenvalue weighted by Crippen LogP contribution is 2.27. The topological polar surface area (TPSA) is 104 Å². The highest BCUT2D eigenvalue weighted by molar-refractivity contribution is 7.89. The van der Waals surface area contributed by atoms with E-state index in [2.05, 4.69) is 4.72 Å². The van der Waals surface area contributed by atoms with Crippen molar-refractivity contribution in [2.75, 3.05) is 0 Å². The summed E-state index contributed by atoms with van der Waals surface area (Å²) in [6.45, 7) is 1.57. The van der Waals surface area contributed by atoms with Gasteiger partial charge in [-0.15, -0.1) is 11.3 Å². The van der Waals surface area contributed by atoms with Gasteiger partial charge < -0.3 is 10.2 Å². The van der Waals surface area contributed by atoms with Gasteiger partial charge in [0, 0.05) is 10.9 Å². The van der Waals surface area contributed by atoms with Crippen molar-refractivity contribution < 1.29 is 23.4 Å². The van der Waals surface area contributed by atoms with Crippen LogP contribution in [0.15, 0.2) is 11.0 Å². The third-order valence-electron chi connectivity index (χ3n) is 3.41. The summed E-state index contributed by atoms with van der Waals surface area (Å²) in [6.07, 6.45) is 2.25. The van der Waals surface area contributed by atoms with Gasteiger partial charge >= 0.3 is 5.97 Å². The maximum Gasteiger partial charge on any atom is 0.345 e. The van der Waals surface area contributed by atoms with E-state index >= 15 is 0 Å². The zero-order valence-corrected chi connectivity index (χ0v) is 12.6. The molecule has 1 heterocycles. The lowest BCUT2D eigenvalue weighted by Crippen LogP contribution is -2.44. The van der Waals surface area contributed by atoms with Crippen LogP contribution >= 0.6 is 11.3 Å². The van der Waals surface area contributed by atoms with E-state index in [9.17, 15) is 18.3 Å². The summed E-state index contributed by atoms with van der Waals surface area (Å²) in [5.74, 6) is -1.14. The van der Waals surface area contributed by atoms with E-state index in [1.807, 2.05) is 0 Å². The predicted octanol–water partition coefficient (Wildman–Crippen LogP) is 1.34. The molecule has 2 rings (SSSR count). The van der Waals surface area contributed by atoms with E-state index in [1.54, 1.807) is 6.92 Å². The Labute approximate surface area is 121 Å². The first-order valence-corrected chi connectivity index (χ1v) is 8.65. The molecule has 0 spiro atoms. The number of nitrogens with one attached hydrogen (secondary N) is 1. The summed E-state index contributed by atoms with van der Waals surface area (Å²) in [4.78, 5) is 11.3. The van der Waals surface area contributed by atoms with Crippen LogP contribution in [-0.2, 0) is 10.0 Å². The number of carbonyl (C=O) groups is 1. The van der Waals surface area contributed by atoms with Crippen LogP contribution in [0.25, 0.3) is 0 Å². The van der Waals surface area contributed by atoms with Gasteiger partial charge in [-0.3, -0.25) is 0 Å². The van der Waals surface area contributed by atoms with Gasteiger partial charge in [0.2, 0.25) is 10.0 Å². The summed E-state index contributed by atoms with van der Waals surface area (Å²) in [6, 6.07) is 0.668. The zero-order valence-electron chi connectivity index (χ0n) is 11.0. The molecule has 1 aliphatic rings. The quantitative estimate of drug-likeness (QED) is 0.777. The number of aliphatic hydroxyl groups is 1. The van der Waals surface area contributed by atoms with Crippen molar-refractivity contribution in [3.05, 3.63) is 15.8 Å². The van der Waals surface area contributed by atoms with Crippen LogP contribution < -0.4 is 4.72 Å². The van der Waals surface area contributed by atoms with Gasteiger partial charge in [-0.05, 0) is 25.8 Å². The van der Waals surface area contributed by atoms with Crippen molar-refractivity contribution in [2.24, 2.45) is 0 Å². The molecule has 2 unspecified atom stereocenters. The molecule has 2 atom stereocenters. The van der Waals surface area contributed by atoms with E-state index < -0.39 is 28.1 Å². The lowest BCUT2D eigenvalue weighted by atomic mass is 9.93. The third-order valence-corrected chi connectivity index (χ3v) is 6.19. The molecule has 0 saturated heterocycles. The van der Waals surface area contributed by atoms with Crippen molar-refractivity contribution in [2.45, 2.75) is 49.6 Å². The maximum atomic E-state index is 12.3. The minimum Gasteiger partial charge on any atom is -0.477 e. The molecule has 112 valence electrons. The minimum absolute atomic E-state index is 0.00734. The SMILES string of the molecule is Cc1sc(C(=O)O)cc1S(=O)(=O)NC1CCCCC1O. The smallest absolute Gasteiger partial charge is 0.345 e. The van der Waals surface area contributed by atoms with E-state index in [0.717, 1.165) is 24.2 Å². The van der Waals surface area contributed by atoms with Crippen molar-refractivity contribution in [1.82, 2.24) is 4.72 Å². The average molecular weight is 319 g/mol. The highest BCUT2D eigenvalue weighted by Gasteiger charge is 2.30. The van der Waals surface area contributed by atoms with Crippen LogP contribution in [-0.4, -0.2) is 36.7 Å². The minimum atomic E-state index is -3.80. The van der Waals surface area contributed by atoms with Crippen LogP contribution in [0.5, 0.6) is 0 Å². The average Bonchev–Trinajstić information content (AvgIpc) is 2.75. The number of rotatable bonds is 4. The molecule has 0 aromatic carbocycles. The Morgan fingerprint density at radius 1 is 1.40 bits per heavy atom. The molecule has 1 aromatic rings. The highest BCUT2D eigenvalue weighted by atomic mass is 32.2. The second-order valence-electron chi connectivity index (χ2n) is 4.92. The summed E-state index contributed by atoms with van der Waals surface area (Å²) < 4.78 is 27.1.